The number of rotatable bonds is 4. The summed E-state index contributed by atoms with van der Waals surface area (Å²) in [5, 5.41) is 30.8. The molecule has 174 valence electrons. The van der Waals surface area contributed by atoms with Gasteiger partial charge in [0.15, 0.2) is 12.0 Å². The molecular weight excluding hydrogens is 425 g/mol. The average Bonchev–Trinajstić information content (AvgIpc) is 3.23. The number of aromatic hydroxyl groups is 1. The third kappa shape index (κ3) is 3.62. The fraction of sp³-hybridized carbons (Fsp3) is 0.522. The normalized spacial score (nSPS) is 29.7. The molecule has 2 saturated heterocycles. The van der Waals surface area contributed by atoms with Crippen molar-refractivity contribution in [3.63, 3.8) is 0 Å². The third-order valence-corrected chi connectivity index (χ3v) is 7.45. The highest BCUT2D eigenvalue weighted by Crippen LogP contribution is 2.48. The average molecular weight is 454 g/mol. The first kappa shape index (κ1) is 21.7. The molecule has 2 bridgehead atoms. The van der Waals surface area contributed by atoms with E-state index in [1.807, 2.05) is 14.0 Å². The maximum Gasteiger partial charge on any atom is 0.233 e. The molecule has 4 atom stereocenters. The summed E-state index contributed by atoms with van der Waals surface area (Å²) in [4.78, 5) is 3.54. The Balaban J connectivity index is 1.34. The van der Waals surface area contributed by atoms with Crippen LogP contribution in [0.5, 0.6) is 11.6 Å². The fourth-order valence-corrected chi connectivity index (χ4v) is 5.32. The largest absolute Gasteiger partial charge is 0.507 e. The quantitative estimate of drug-likeness (QED) is 0.642. The van der Waals surface area contributed by atoms with Gasteiger partial charge in [0.25, 0.3) is 0 Å². The lowest BCUT2D eigenvalue weighted by Gasteiger charge is -2.60. The van der Waals surface area contributed by atoms with Crippen molar-refractivity contribution in [2.45, 2.75) is 69.8 Å². The summed E-state index contributed by atoms with van der Waals surface area (Å²) in [6, 6.07) is 8.39. The molecule has 0 radical (unpaired) electrons. The summed E-state index contributed by atoms with van der Waals surface area (Å²) in [6.45, 7) is 5.91. The molecule has 1 N–H and O–H groups in total. The van der Waals surface area contributed by atoms with Gasteiger partial charge in [0.2, 0.25) is 5.88 Å². The lowest BCUT2D eigenvalue weighted by atomic mass is 9.67. The molecule has 0 saturated carbocycles. The van der Waals surface area contributed by atoms with Crippen LogP contribution in [0.25, 0.3) is 16.9 Å². The summed E-state index contributed by atoms with van der Waals surface area (Å²) < 4.78 is 21.5. The van der Waals surface area contributed by atoms with Crippen molar-refractivity contribution in [3.8, 4) is 28.6 Å². The molecule has 5 rings (SSSR count). The van der Waals surface area contributed by atoms with Gasteiger partial charge in [-0.3, -0.25) is 4.90 Å². The number of fused-ring (bicyclic) bond motifs is 2. The summed E-state index contributed by atoms with van der Waals surface area (Å²) in [5.41, 5.74) is 0.915. The second-order valence-electron chi connectivity index (χ2n) is 9.61. The number of halogens is 1. The predicted molar refractivity (Wildman–Crippen MR) is 119 cm³/mol. The van der Waals surface area contributed by atoms with Gasteiger partial charge in [-0.15, -0.1) is 25.2 Å². The van der Waals surface area contributed by atoms with E-state index in [0.29, 0.717) is 29.2 Å². The molecule has 3 aromatic rings. The van der Waals surface area contributed by atoms with Crippen LogP contribution in [0.4, 0.5) is 4.39 Å². The van der Waals surface area contributed by atoms with Crippen LogP contribution >= 0.6 is 0 Å². The van der Waals surface area contributed by atoms with Crippen molar-refractivity contribution in [3.05, 3.63) is 36.2 Å². The smallest absolute Gasteiger partial charge is 0.233 e. The number of phenols is 1. The number of phenolic OH excluding ortho intramolecular Hbond substituents is 1. The Kier molecular flexibility index (Phi) is 5.08. The number of ether oxygens (including phenoxy) is 1. The Bertz CT molecular complexity index is 1170. The van der Waals surface area contributed by atoms with E-state index in [2.05, 4.69) is 37.4 Å². The van der Waals surface area contributed by atoms with Gasteiger partial charge in [0, 0.05) is 29.7 Å². The van der Waals surface area contributed by atoms with E-state index in [1.165, 1.54) is 10.9 Å². The summed E-state index contributed by atoms with van der Waals surface area (Å²) in [5.74, 6) is 0.824. The first-order valence-electron chi connectivity index (χ1n) is 11.2. The predicted octanol–water partition coefficient (Wildman–Crippen LogP) is 3.26. The molecule has 2 aliphatic rings. The molecule has 2 fully saturated rings. The van der Waals surface area contributed by atoms with Crippen molar-refractivity contribution in [1.29, 1.82) is 0 Å². The Morgan fingerprint density at radius 3 is 2.61 bits per heavy atom. The van der Waals surface area contributed by atoms with Crippen molar-refractivity contribution in [1.82, 2.24) is 35.3 Å². The van der Waals surface area contributed by atoms with Crippen LogP contribution in [0.1, 0.15) is 45.4 Å². The van der Waals surface area contributed by atoms with E-state index in [0.717, 1.165) is 19.3 Å². The minimum atomic E-state index is -1.12. The van der Waals surface area contributed by atoms with Gasteiger partial charge in [-0.1, -0.05) is 0 Å². The molecule has 9 nitrogen and oxygen atoms in total. The molecular formula is C23H28FN7O2. The first-order chi connectivity index (χ1) is 15.7. The molecule has 10 heteroatoms. The van der Waals surface area contributed by atoms with E-state index in [-0.39, 0.29) is 17.2 Å². The molecule has 0 unspecified atom stereocenters. The maximum atomic E-state index is 15.5. The highest BCUT2D eigenvalue weighted by atomic mass is 19.1. The van der Waals surface area contributed by atoms with Gasteiger partial charge in [0.05, 0.1) is 16.9 Å². The Hall–Kier alpha value is -3.14. The molecule has 33 heavy (non-hydrogen) atoms. The second-order valence-corrected chi connectivity index (χ2v) is 9.61. The molecule has 2 aromatic heterocycles. The summed E-state index contributed by atoms with van der Waals surface area (Å²) in [6.07, 6.45) is 1.75. The van der Waals surface area contributed by atoms with Crippen molar-refractivity contribution < 1.29 is 14.2 Å². The zero-order valence-corrected chi connectivity index (χ0v) is 19.2. The molecule has 2 aliphatic heterocycles. The lowest BCUT2D eigenvalue weighted by Crippen LogP contribution is -2.71. The van der Waals surface area contributed by atoms with Gasteiger partial charge in [-0.2, -0.15) is 0 Å². The molecule has 0 amide bonds. The third-order valence-electron chi connectivity index (χ3n) is 7.45. The second kappa shape index (κ2) is 7.72. The topological polar surface area (TPSA) is 102 Å². The molecule has 0 spiro atoms. The van der Waals surface area contributed by atoms with Gasteiger partial charge < -0.3 is 9.84 Å². The maximum absolute atomic E-state index is 15.5. The number of nitrogens with zero attached hydrogens (tertiary/aromatic N) is 7. The number of hydrogen-bond acceptors (Lipinski definition) is 8. The number of piperidine rings is 2. The minimum absolute atomic E-state index is 0.0123. The van der Waals surface area contributed by atoms with E-state index < -0.39 is 17.8 Å². The minimum Gasteiger partial charge on any atom is -0.507 e. The zero-order chi connectivity index (χ0) is 23.4. The molecule has 0 aliphatic carbocycles. The van der Waals surface area contributed by atoms with Crippen LogP contribution in [0, 0.1) is 6.92 Å². The summed E-state index contributed by atoms with van der Waals surface area (Å²) >= 11 is 0. The van der Waals surface area contributed by atoms with Crippen molar-refractivity contribution in [2.75, 3.05) is 7.05 Å². The molecule has 1 aromatic carbocycles. The Morgan fingerprint density at radius 2 is 1.94 bits per heavy atom. The highest BCUT2D eigenvalue weighted by Gasteiger charge is 2.57. The van der Waals surface area contributed by atoms with E-state index >= 15 is 4.39 Å². The number of hydrogen-bond donors (Lipinski definition) is 1. The van der Waals surface area contributed by atoms with Crippen LogP contribution in [0.15, 0.2) is 30.3 Å². The number of alkyl halides is 1. The van der Waals surface area contributed by atoms with Crippen LogP contribution < -0.4 is 4.74 Å². The number of benzene rings is 1. The lowest BCUT2D eigenvalue weighted by molar-refractivity contribution is -0.152. The van der Waals surface area contributed by atoms with E-state index in [9.17, 15) is 5.11 Å². The van der Waals surface area contributed by atoms with Crippen molar-refractivity contribution >= 4 is 0 Å². The Morgan fingerprint density at radius 1 is 1.12 bits per heavy atom. The zero-order valence-electron chi connectivity index (χ0n) is 19.2. The standard InChI is InChI=1S/C23H28FN7O2/c1-14-25-29-31(28-14)15-6-7-16(18(32)12-15)17-8-9-20(27-26-17)33-19-13-22(2)10-5-11-23(3,21(19)24)30(22)4/h6-9,12,19,21,32H,5,10-11,13H2,1-4H3/t19-,21+,22-,23+/m1/s1. The fourth-order valence-electron chi connectivity index (χ4n) is 5.32. The number of aromatic nitrogens is 6. The highest BCUT2D eigenvalue weighted by molar-refractivity contribution is 5.68. The molecule has 4 heterocycles. The van der Waals surface area contributed by atoms with Gasteiger partial charge >= 0.3 is 0 Å². The van der Waals surface area contributed by atoms with Gasteiger partial charge in [-0.05, 0) is 70.5 Å². The Labute approximate surface area is 191 Å². The number of aryl methyl sites for hydroxylation is 1. The van der Waals surface area contributed by atoms with Crippen LogP contribution in [0.3, 0.4) is 0 Å². The van der Waals surface area contributed by atoms with Gasteiger partial charge in [-0.25, -0.2) is 4.39 Å². The number of tetrazole rings is 1. The summed E-state index contributed by atoms with van der Waals surface area (Å²) in [7, 11) is 2.02. The van der Waals surface area contributed by atoms with Gasteiger partial charge in [0.1, 0.15) is 11.9 Å². The van der Waals surface area contributed by atoms with Crippen molar-refractivity contribution in [2.24, 2.45) is 0 Å². The van der Waals surface area contributed by atoms with Crippen LogP contribution in [-0.2, 0) is 0 Å². The van der Waals surface area contributed by atoms with E-state index in [1.54, 1.807) is 31.2 Å². The SMILES string of the molecule is Cc1nnn(-c2ccc(-c3ccc(O[C@@H]4C[C@@]5(C)CCC[C@@](C)([C@H]4F)N5C)nn3)c(O)c2)n1. The van der Waals surface area contributed by atoms with Crippen LogP contribution in [0.2, 0.25) is 0 Å². The van der Waals surface area contributed by atoms with E-state index in [4.69, 9.17) is 4.74 Å². The monoisotopic (exact) mass is 453 g/mol. The first-order valence-corrected chi connectivity index (χ1v) is 11.2. The van der Waals surface area contributed by atoms with Crippen LogP contribution in [-0.4, -0.2) is 70.8 Å².